The van der Waals surface area contributed by atoms with E-state index in [-0.39, 0.29) is 0 Å². The van der Waals surface area contributed by atoms with Crippen LogP contribution in [0.5, 0.6) is 0 Å². The van der Waals surface area contributed by atoms with Gasteiger partial charge >= 0.3 is 0 Å². The summed E-state index contributed by atoms with van der Waals surface area (Å²) in [5.41, 5.74) is 2.29. The van der Waals surface area contributed by atoms with Crippen LogP contribution >= 0.6 is 0 Å². The third kappa shape index (κ3) is 2.09. The average Bonchev–Trinajstić information content (AvgIpc) is 2.24. The lowest BCUT2D eigenvalue weighted by Crippen LogP contribution is -2.45. The van der Waals surface area contributed by atoms with Gasteiger partial charge in [0.2, 0.25) is 0 Å². The maximum Gasteiger partial charge on any atom is 0.135 e. The van der Waals surface area contributed by atoms with Crippen LogP contribution < -0.4 is 4.90 Å². The van der Waals surface area contributed by atoms with Crippen molar-refractivity contribution in [1.29, 1.82) is 0 Å². The van der Waals surface area contributed by atoms with E-state index in [1.807, 2.05) is 6.92 Å². The molecule has 0 aromatic carbocycles. The third-order valence-electron chi connectivity index (χ3n) is 3.11. The lowest BCUT2D eigenvalue weighted by Gasteiger charge is -2.34. The summed E-state index contributed by atoms with van der Waals surface area (Å²) in [6.45, 7) is 8.49. The largest absolute Gasteiger partial charge is 0.354 e. The van der Waals surface area contributed by atoms with E-state index in [4.69, 9.17) is 0 Å². The van der Waals surface area contributed by atoms with Crippen molar-refractivity contribution in [2.75, 3.05) is 38.1 Å². The summed E-state index contributed by atoms with van der Waals surface area (Å²) in [6.07, 6.45) is 1.66. The molecule has 0 amide bonds. The highest BCUT2D eigenvalue weighted by Gasteiger charge is 2.17. The van der Waals surface area contributed by atoms with Crippen LogP contribution in [0.25, 0.3) is 0 Å². The molecule has 0 spiro atoms. The quantitative estimate of drug-likeness (QED) is 0.682. The Morgan fingerprint density at radius 3 is 2.40 bits per heavy atom. The molecule has 1 fully saturated rings. The van der Waals surface area contributed by atoms with E-state index in [9.17, 15) is 0 Å². The Balaban J connectivity index is 2.19. The molecule has 1 aromatic rings. The molecule has 0 aliphatic carbocycles. The standard InChI is InChI=1S/C11H18N4/c1-9-10(2)12-8-13-11(9)15-6-4-14(3)5-7-15/h8H,4-7H2,1-3H3. The molecule has 4 nitrogen and oxygen atoms in total. The smallest absolute Gasteiger partial charge is 0.135 e. The molecule has 1 aliphatic heterocycles. The van der Waals surface area contributed by atoms with Crippen LogP contribution in [0.1, 0.15) is 11.3 Å². The number of piperazine rings is 1. The molecule has 0 radical (unpaired) electrons. The summed E-state index contributed by atoms with van der Waals surface area (Å²) in [5.74, 6) is 1.11. The van der Waals surface area contributed by atoms with E-state index in [1.54, 1.807) is 6.33 Å². The van der Waals surface area contributed by atoms with E-state index in [2.05, 4.69) is 33.7 Å². The molecule has 15 heavy (non-hydrogen) atoms. The second kappa shape index (κ2) is 4.14. The Labute approximate surface area is 90.9 Å². The molecule has 1 aliphatic rings. The van der Waals surface area contributed by atoms with E-state index in [0.29, 0.717) is 0 Å². The predicted molar refractivity (Wildman–Crippen MR) is 61.2 cm³/mol. The number of anilines is 1. The minimum atomic E-state index is 1.06. The van der Waals surface area contributed by atoms with Gasteiger partial charge in [-0.1, -0.05) is 0 Å². The summed E-state index contributed by atoms with van der Waals surface area (Å²) in [6, 6.07) is 0. The van der Waals surface area contributed by atoms with Crippen molar-refractivity contribution in [3.63, 3.8) is 0 Å². The molecule has 0 unspecified atom stereocenters. The fourth-order valence-corrected chi connectivity index (χ4v) is 1.86. The zero-order valence-electron chi connectivity index (χ0n) is 9.69. The molecule has 0 saturated carbocycles. The Morgan fingerprint density at radius 1 is 1.07 bits per heavy atom. The highest BCUT2D eigenvalue weighted by molar-refractivity contribution is 5.47. The van der Waals surface area contributed by atoms with Gasteiger partial charge in [-0.25, -0.2) is 9.97 Å². The van der Waals surface area contributed by atoms with Gasteiger partial charge in [-0.3, -0.25) is 0 Å². The molecule has 0 atom stereocenters. The lowest BCUT2D eigenvalue weighted by atomic mass is 10.2. The maximum absolute atomic E-state index is 4.38. The average molecular weight is 206 g/mol. The highest BCUT2D eigenvalue weighted by Crippen LogP contribution is 2.19. The van der Waals surface area contributed by atoms with E-state index < -0.39 is 0 Å². The van der Waals surface area contributed by atoms with Crippen molar-refractivity contribution in [2.24, 2.45) is 0 Å². The molecule has 2 rings (SSSR count). The zero-order chi connectivity index (χ0) is 10.8. The predicted octanol–water partition coefficient (Wildman–Crippen LogP) is 0.845. The summed E-state index contributed by atoms with van der Waals surface area (Å²) >= 11 is 0. The number of aryl methyl sites for hydroxylation is 1. The number of hydrogen-bond donors (Lipinski definition) is 0. The van der Waals surface area contributed by atoms with Crippen LogP contribution in [0.3, 0.4) is 0 Å². The number of hydrogen-bond acceptors (Lipinski definition) is 4. The Bertz CT molecular complexity index is 342. The summed E-state index contributed by atoms with van der Waals surface area (Å²) in [7, 11) is 2.16. The highest BCUT2D eigenvalue weighted by atomic mass is 15.3. The first-order valence-electron chi connectivity index (χ1n) is 5.40. The van der Waals surface area contributed by atoms with Gasteiger partial charge in [0.05, 0.1) is 0 Å². The molecular weight excluding hydrogens is 188 g/mol. The molecular formula is C11H18N4. The molecule has 82 valence electrons. The zero-order valence-corrected chi connectivity index (χ0v) is 9.69. The molecule has 1 aromatic heterocycles. The Hall–Kier alpha value is -1.16. The van der Waals surface area contributed by atoms with Crippen LogP contribution in [0.2, 0.25) is 0 Å². The summed E-state index contributed by atoms with van der Waals surface area (Å²) < 4.78 is 0. The van der Waals surface area contributed by atoms with E-state index in [0.717, 1.165) is 37.7 Å². The van der Waals surface area contributed by atoms with Crippen LogP contribution in [0, 0.1) is 13.8 Å². The molecule has 2 heterocycles. The minimum Gasteiger partial charge on any atom is -0.354 e. The SMILES string of the molecule is Cc1ncnc(N2CCN(C)CC2)c1C. The monoisotopic (exact) mass is 206 g/mol. The first-order valence-corrected chi connectivity index (χ1v) is 5.40. The fourth-order valence-electron chi connectivity index (χ4n) is 1.86. The first kappa shape index (κ1) is 10.4. The summed E-state index contributed by atoms with van der Waals surface area (Å²) in [4.78, 5) is 13.3. The van der Waals surface area contributed by atoms with Crippen LogP contribution in [-0.2, 0) is 0 Å². The van der Waals surface area contributed by atoms with Gasteiger partial charge in [0.1, 0.15) is 12.1 Å². The van der Waals surface area contributed by atoms with Gasteiger partial charge in [-0.15, -0.1) is 0 Å². The van der Waals surface area contributed by atoms with Crippen LogP contribution in [0.4, 0.5) is 5.82 Å². The van der Waals surface area contributed by atoms with Crippen molar-refractivity contribution in [3.8, 4) is 0 Å². The second-order valence-electron chi connectivity index (χ2n) is 4.20. The maximum atomic E-state index is 4.38. The third-order valence-corrected chi connectivity index (χ3v) is 3.11. The second-order valence-corrected chi connectivity index (χ2v) is 4.20. The van der Waals surface area contributed by atoms with E-state index >= 15 is 0 Å². The van der Waals surface area contributed by atoms with Crippen molar-refractivity contribution in [3.05, 3.63) is 17.6 Å². The van der Waals surface area contributed by atoms with Gasteiger partial charge in [0.25, 0.3) is 0 Å². The van der Waals surface area contributed by atoms with Crippen LogP contribution in [0.15, 0.2) is 6.33 Å². The molecule has 0 bridgehead atoms. The van der Waals surface area contributed by atoms with Gasteiger partial charge in [0, 0.05) is 37.4 Å². The number of likely N-dealkylation sites (N-methyl/N-ethyl adjacent to an activating group) is 1. The fraction of sp³-hybridized carbons (Fsp3) is 0.636. The topological polar surface area (TPSA) is 32.3 Å². The normalized spacial score (nSPS) is 18.2. The van der Waals surface area contributed by atoms with Crippen molar-refractivity contribution >= 4 is 5.82 Å². The first-order chi connectivity index (χ1) is 7.18. The van der Waals surface area contributed by atoms with Crippen molar-refractivity contribution in [2.45, 2.75) is 13.8 Å². The van der Waals surface area contributed by atoms with Crippen molar-refractivity contribution in [1.82, 2.24) is 14.9 Å². The van der Waals surface area contributed by atoms with Crippen molar-refractivity contribution < 1.29 is 0 Å². The van der Waals surface area contributed by atoms with Gasteiger partial charge < -0.3 is 9.80 Å². The molecule has 4 heteroatoms. The minimum absolute atomic E-state index is 1.06. The van der Waals surface area contributed by atoms with Gasteiger partial charge in [-0.05, 0) is 20.9 Å². The number of nitrogens with zero attached hydrogens (tertiary/aromatic N) is 4. The number of aromatic nitrogens is 2. The number of rotatable bonds is 1. The Morgan fingerprint density at radius 2 is 1.73 bits per heavy atom. The summed E-state index contributed by atoms with van der Waals surface area (Å²) in [5, 5.41) is 0. The van der Waals surface area contributed by atoms with Crippen LogP contribution in [-0.4, -0.2) is 48.1 Å². The molecule has 0 N–H and O–H groups in total. The Kier molecular flexibility index (Phi) is 2.86. The lowest BCUT2D eigenvalue weighted by molar-refractivity contribution is 0.312. The van der Waals surface area contributed by atoms with E-state index in [1.165, 1.54) is 5.56 Å². The molecule has 1 saturated heterocycles. The van der Waals surface area contributed by atoms with Gasteiger partial charge in [0.15, 0.2) is 0 Å². The van der Waals surface area contributed by atoms with Gasteiger partial charge in [-0.2, -0.15) is 0 Å².